The molecule has 0 saturated heterocycles. The molecular formula is C52H32. The summed E-state index contributed by atoms with van der Waals surface area (Å²) in [6.07, 6.45) is 0. The Kier molecular flexibility index (Phi) is 6.35. The molecule has 0 aliphatic heterocycles. The Hall–Kier alpha value is -6.76. The first-order chi connectivity index (χ1) is 25.8. The second-order valence-corrected chi connectivity index (χ2v) is 14.0. The Bertz CT molecular complexity index is 3140. The fourth-order valence-electron chi connectivity index (χ4n) is 8.86. The highest BCUT2D eigenvalue weighted by atomic mass is 14.2. The molecule has 0 heterocycles. The minimum Gasteiger partial charge on any atom is -0.0616 e. The van der Waals surface area contributed by atoms with Gasteiger partial charge in [-0.05, 0) is 127 Å². The SMILES string of the molecule is c1ccc2c(-c3ccc4ccc(-c5c6ccccc6c(-c6ccc7c8ccccc8c8ccccc8c7c6)c6ccccc56)cc4c3)cccc2c1. The molecule has 11 aromatic carbocycles. The highest BCUT2D eigenvalue weighted by Gasteiger charge is 2.18. The number of benzene rings is 11. The van der Waals surface area contributed by atoms with Gasteiger partial charge in [-0.3, -0.25) is 0 Å². The molecule has 0 atom stereocenters. The van der Waals surface area contributed by atoms with E-state index in [2.05, 4.69) is 194 Å². The maximum absolute atomic E-state index is 2.43. The molecule has 0 unspecified atom stereocenters. The molecule has 11 aromatic rings. The molecule has 0 bridgehead atoms. The van der Waals surface area contributed by atoms with E-state index >= 15 is 0 Å². The van der Waals surface area contributed by atoms with Crippen molar-refractivity contribution in [2.24, 2.45) is 0 Å². The zero-order valence-corrected chi connectivity index (χ0v) is 28.5. The van der Waals surface area contributed by atoms with Gasteiger partial charge in [0.05, 0.1) is 0 Å². The van der Waals surface area contributed by atoms with Gasteiger partial charge in [0.15, 0.2) is 0 Å². The van der Waals surface area contributed by atoms with Gasteiger partial charge in [-0.15, -0.1) is 0 Å². The Morgan fingerprint density at radius 3 is 1.19 bits per heavy atom. The van der Waals surface area contributed by atoms with Crippen LogP contribution in [-0.2, 0) is 0 Å². The first-order valence-corrected chi connectivity index (χ1v) is 18.1. The zero-order chi connectivity index (χ0) is 34.2. The minimum absolute atomic E-state index is 1.23. The smallest absolute Gasteiger partial charge is 0.00261 e. The van der Waals surface area contributed by atoms with Crippen molar-refractivity contribution >= 4 is 75.4 Å². The highest BCUT2D eigenvalue weighted by molar-refractivity contribution is 6.27. The van der Waals surface area contributed by atoms with Crippen LogP contribution in [0, 0.1) is 0 Å². The van der Waals surface area contributed by atoms with Gasteiger partial charge in [0.2, 0.25) is 0 Å². The molecular weight excluding hydrogens is 625 g/mol. The molecule has 0 amide bonds. The number of rotatable bonds is 3. The average molecular weight is 657 g/mol. The molecule has 0 heteroatoms. The Morgan fingerprint density at radius 1 is 0.192 bits per heavy atom. The van der Waals surface area contributed by atoms with Crippen LogP contribution in [0.25, 0.3) is 109 Å². The highest BCUT2D eigenvalue weighted by Crippen LogP contribution is 2.46. The van der Waals surface area contributed by atoms with Crippen molar-refractivity contribution in [2.75, 3.05) is 0 Å². The minimum atomic E-state index is 1.23. The number of hydrogen-bond acceptors (Lipinski definition) is 0. The van der Waals surface area contributed by atoms with E-state index in [-0.39, 0.29) is 0 Å². The van der Waals surface area contributed by atoms with Gasteiger partial charge in [-0.25, -0.2) is 0 Å². The second-order valence-electron chi connectivity index (χ2n) is 14.0. The normalized spacial score (nSPS) is 11.8. The topological polar surface area (TPSA) is 0 Å². The summed E-state index contributed by atoms with van der Waals surface area (Å²) in [5, 5.41) is 17.9. The lowest BCUT2D eigenvalue weighted by molar-refractivity contribution is 1.67. The summed E-state index contributed by atoms with van der Waals surface area (Å²) in [6.45, 7) is 0. The second kappa shape index (κ2) is 11.4. The van der Waals surface area contributed by atoms with Gasteiger partial charge in [0.25, 0.3) is 0 Å². The van der Waals surface area contributed by atoms with Crippen LogP contribution in [0.1, 0.15) is 0 Å². The maximum atomic E-state index is 2.43. The van der Waals surface area contributed by atoms with Gasteiger partial charge < -0.3 is 0 Å². The first kappa shape index (κ1) is 29.0. The average Bonchev–Trinajstić information content (AvgIpc) is 3.22. The summed E-state index contributed by atoms with van der Waals surface area (Å²) in [5.74, 6) is 0. The first-order valence-electron chi connectivity index (χ1n) is 18.1. The van der Waals surface area contributed by atoms with Gasteiger partial charge in [-0.1, -0.05) is 176 Å². The molecule has 240 valence electrons. The van der Waals surface area contributed by atoms with Crippen molar-refractivity contribution in [3.63, 3.8) is 0 Å². The van der Waals surface area contributed by atoms with E-state index in [0.717, 1.165) is 0 Å². The van der Waals surface area contributed by atoms with Gasteiger partial charge >= 0.3 is 0 Å². The summed E-state index contributed by atoms with van der Waals surface area (Å²) >= 11 is 0. The zero-order valence-electron chi connectivity index (χ0n) is 28.5. The standard InChI is InChI=1S/C52H32/c1-2-14-39-34(12-1)13-11-23-40(39)35-26-24-33-25-27-36(31-38(33)30-35)51-46-19-7-9-21-48(46)52(49-22-10-8-20-47(49)51)37-28-29-45-43-17-4-3-15-41(43)42-16-5-6-18-44(42)50(45)32-37/h1-32H. The summed E-state index contributed by atoms with van der Waals surface area (Å²) < 4.78 is 0. The number of hydrogen-bond donors (Lipinski definition) is 0. The van der Waals surface area contributed by atoms with E-state index < -0.39 is 0 Å². The fourth-order valence-corrected chi connectivity index (χ4v) is 8.86. The van der Waals surface area contributed by atoms with Gasteiger partial charge in [-0.2, -0.15) is 0 Å². The molecule has 0 aliphatic rings. The third kappa shape index (κ3) is 4.35. The summed E-state index contributed by atoms with van der Waals surface area (Å²) in [6, 6.07) is 71.9. The van der Waals surface area contributed by atoms with E-state index in [1.54, 1.807) is 0 Å². The molecule has 11 rings (SSSR count). The van der Waals surface area contributed by atoms with Crippen molar-refractivity contribution in [1.82, 2.24) is 0 Å². The van der Waals surface area contributed by atoms with Crippen LogP contribution in [0.4, 0.5) is 0 Å². The van der Waals surface area contributed by atoms with E-state index in [9.17, 15) is 0 Å². The molecule has 0 aromatic heterocycles. The quantitative estimate of drug-likeness (QED) is 0.131. The van der Waals surface area contributed by atoms with Crippen LogP contribution in [0.5, 0.6) is 0 Å². The Labute approximate surface area is 301 Å². The molecule has 0 spiro atoms. The van der Waals surface area contributed by atoms with Crippen molar-refractivity contribution in [1.29, 1.82) is 0 Å². The predicted octanol–water partition coefficient (Wildman–Crippen LogP) is 14.8. The lowest BCUT2D eigenvalue weighted by atomic mass is 9.84. The van der Waals surface area contributed by atoms with Crippen molar-refractivity contribution in [3.05, 3.63) is 194 Å². The molecule has 0 N–H and O–H groups in total. The predicted molar refractivity (Wildman–Crippen MR) is 225 cm³/mol. The molecule has 52 heavy (non-hydrogen) atoms. The van der Waals surface area contributed by atoms with Crippen LogP contribution in [0.3, 0.4) is 0 Å². The lowest BCUT2D eigenvalue weighted by Crippen LogP contribution is -1.91. The summed E-state index contributed by atoms with van der Waals surface area (Å²) in [4.78, 5) is 0. The largest absolute Gasteiger partial charge is 0.0616 e. The maximum Gasteiger partial charge on any atom is -0.00261 e. The fraction of sp³-hybridized carbons (Fsp3) is 0. The molecule has 0 aliphatic carbocycles. The molecule has 0 radical (unpaired) electrons. The monoisotopic (exact) mass is 656 g/mol. The Balaban J connectivity index is 1.16. The van der Waals surface area contributed by atoms with Crippen LogP contribution in [0.2, 0.25) is 0 Å². The lowest BCUT2D eigenvalue weighted by Gasteiger charge is -2.19. The Morgan fingerprint density at radius 2 is 0.596 bits per heavy atom. The third-order valence-electron chi connectivity index (χ3n) is 11.2. The van der Waals surface area contributed by atoms with E-state index in [0.29, 0.717) is 0 Å². The van der Waals surface area contributed by atoms with Crippen molar-refractivity contribution < 1.29 is 0 Å². The van der Waals surface area contributed by atoms with Crippen LogP contribution < -0.4 is 0 Å². The van der Waals surface area contributed by atoms with E-state index in [1.807, 2.05) is 0 Å². The van der Waals surface area contributed by atoms with E-state index in [4.69, 9.17) is 0 Å². The third-order valence-corrected chi connectivity index (χ3v) is 11.2. The van der Waals surface area contributed by atoms with Gasteiger partial charge in [0, 0.05) is 0 Å². The summed E-state index contributed by atoms with van der Waals surface area (Å²) in [5.41, 5.74) is 7.55. The summed E-state index contributed by atoms with van der Waals surface area (Å²) in [7, 11) is 0. The van der Waals surface area contributed by atoms with Crippen LogP contribution >= 0.6 is 0 Å². The molecule has 0 saturated carbocycles. The number of fused-ring (bicyclic) bond motifs is 10. The molecule has 0 nitrogen and oxygen atoms in total. The van der Waals surface area contributed by atoms with Gasteiger partial charge in [0.1, 0.15) is 0 Å². The van der Waals surface area contributed by atoms with Crippen molar-refractivity contribution in [2.45, 2.75) is 0 Å². The molecule has 0 fully saturated rings. The van der Waals surface area contributed by atoms with E-state index in [1.165, 1.54) is 109 Å². The van der Waals surface area contributed by atoms with Crippen molar-refractivity contribution in [3.8, 4) is 33.4 Å². The van der Waals surface area contributed by atoms with Crippen LogP contribution in [0.15, 0.2) is 194 Å². The van der Waals surface area contributed by atoms with Crippen LogP contribution in [-0.4, -0.2) is 0 Å².